The molecular formula is C26H30Cl2N4O4. The highest BCUT2D eigenvalue weighted by Crippen LogP contribution is 2.42. The molecule has 8 nitrogen and oxygen atoms in total. The number of unbranched alkanes of at least 4 members (excludes halogenated alkanes) is 4. The largest absolute Gasteiger partial charge is 0.447 e. The Morgan fingerprint density at radius 1 is 0.889 bits per heavy atom. The number of hydrogen-bond acceptors (Lipinski definition) is 4. The van der Waals surface area contributed by atoms with Gasteiger partial charge in [0.1, 0.15) is 0 Å². The summed E-state index contributed by atoms with van der Waals surface area (Å²) in [6, 6.07) is 12.9. The lowest BCUT2D eigenvalue weighted by Gasteiger charge is -2.34. The molecule has 1 aliphatic rings. The number of aromatic nitrogens is 2. The van der Waals surface area contributed by atoms with Crippen molar-refractivity contribution in [2.45, 2.75) is 64.6 Å². The summed E-state index contributed by atoms with van der Waals surface area (Å²) in [5.41, 5.74) is -0.803. The first kappa shape index (κ1) is 26.1. The molecule has 2 heterocycles. The van der Waals surface area contributed by atoms with Crippen LogP contribution in [0.3, 0.4) is 0 Å². The predicted octanol–water partition coefficient (Wildman–Crippen LogP) is 6.09. The summed E-state index contributed by atoms with van der Waals surface area (Å²) in [5.74, 6) is -0.866. The maximum atomic E-state index is 13.8. The summed E-state index contributed by atoms with van der Waals surface area (Å²) in [4.78, 5) is 43.5. The van der Waals surface area contributed by atoms with E-state index in [1.165, 1.54) is 11.0 Å². The molecule has 1 aliphatic heterocycles. The fraction of sp³-hybridized carbons (Fsp3) is 0.423. The van der Waals surface area contributed by atoms with Gasteiger partial charge in [0.2, 0.25) is 0 Å². The van der Waals surface area contributed by atoms with Gasteiger partial charge in [-0.05, 0) is 56.7 Å². The van der Waals surface area contributed by atoms with Gasteiger partial charge in [-0.15, -0.1) is 4.74 Å². The average Bonchev–Trinajstić information content (AvgIpc) is 3.22. The molecule has 192 valence electrons. The van der Waals surface area contributed by atoms with Crippen molar-refractivity contribution in [1.29, 1.82) is 0 Å². The van der Waals surface area contributed by atoms with Crippen LogP contribution in [0.25, 0.3) is 5.69 Å². The number of hydrogen-bond donors (Lipinski definition) is 0. The molecule has 0 radical (unpaired) electrons. The second-order valence-corrected chi connectivity index (χ2v) is 10.4. The topological polar surface area (TPSA) is 80.7 Å². The van der Waals surface area contributed by atoms with E-state index in [0.717, 1.165) is 41.4 Å². The van der Waals surface area contributed by atoms with Crippen LogP contribution in [-0.4, -0.2) is 32.3 Å². The maximum Gasteiger partial charge on any atom is 0.447 e. The summed E-state index contributed by atoms with van der Waals surface area (Å²) in [6.07, 6.45) is 4.26. The quantitative estimate of drug-likeness (QED) is 0.312. The molecule has 3 aromatic rings. The Morgan fingerprint density at radius 3 is 2.14 bits per heavy atom. The molecule has 36 heavy (non-hydrogen) atoms. The van der Waals surface area contributed by atoms with Crippen LogP contribution in [0.15, 0.2) is 62.6 Å². The van der Waals surface area contributed by atoms with E-state index in [9.17, 15) is 14.4 Å². The number of carbonyl (C=O) groups is 1. The van der Waals surface area contributed by atoms with Gasteiger partial charge in [0.15, 0.2) is 6.17 Å². The third-order valence-electron chi connectivity index (χ3n) is 6.61. The third kappa shape index (κ3) is 4.84. The fourth-order valence-corrected chi connectivity index (χ4v) is 5.16. The summed E-state index contributed by atoms with van der Waals surface area (Å²) >= 11 is 12.3. The van der Waals surface area contributed by atoms with E-state index >= 15 is 0 Å². The Balaban J connectivity index is 1.80. The van der Waals surface area contributed by atoms with Crippen molar-refractivity contribution in [3.8, 4) is 5.69 Å². The number of benzene rings is 2. The second-order valence-electron chi connectivity index (χ2n) is 9.51. The molecule has 1 fully saturated rings. The van der Waals surface area contributed by atoms with E-state index in [2.05, 4.69) is 6.92 Å². The van der Waals surface area contributed by atoms with Gasteiger partial charge < -0.3 is 9.42 Å². The number of halogens is 2. The van der Waals surface area contributed by atoms with Gasteiger partial charge in [0.05, 0.1) is 11.2 Å². The normalized spacial score (nSPS) is 17.2. The van der Waals surface area contributed by atoms with Gasteiger partial charge in [-0.3, -0.25) is 4.90 Å². The molecule has 1 atom stereocenters. The van der Waals surface area contributed by atoms with Crippen molar-refractivity contribution < 1.29 is 9.32 Å². The zero-order valence-electron chi connectivity index (χ0n) is 20.6. The van der Waals surface area contributed by atoms with E-state index in [-0.39, 0.29) is 11.7 Å². The first-order valence-electron chi connectivity index (χ1n) is 12.1. The third-order valence-corrected chi connectivity index (χ3v) is 7.08. The van der Waals surface area contributed by atoms with Crippen molar-refractivity contribution in [2.24, 2.45) is 0 Å². The van der Waals surface area contributed by atoms with Crippen LogP contribution >= 0.6 is 23.2 Å². The molecule has 4 rings (SSSR count). The molecule has 1 saturated heterocycles. The van der Waals surface area contributed by atoms with Crippen molar-refractivity contribution in [2.75, 3.05) is 11.4 Å². The van der Waals surface area contributed by atoms with Gasteiger partial charge >= 0.3 is 17.5 Å². The lowest BCUT2D eigenvalue weighted by atomic mass is 9.99. The van der Waals surface area contributed by atoms with Crippen LogP contribution < -0.4 is 16.3 Å². The molecule has 1 aromatic heterocycles. The summed E-state index contributed by atoms with van der Waals surface area (Å²) in [5, 5.41) is 0.817. The molecule has 0 saturated carbocycles. The molecule has 2 amide bonds. The van der Waals surface area contributed by atoms with Crippen LogP contribution in [0.1, 0.15) is 59.0 Å². The van der Waals surface area contributed by atoms with Crippen LogP contribution in [0.4, 0.5) is 10.5 Å². The molecule has 0 bridgehead atoms. The van der Waals surface area contributed by atoms with E-state index < -0.39 is 23.2 Å². The molecule has 2 aromatic carbocycles. The van der Waals surface area contributed by atoms with Crippen LogP contribution in [0.5, 0.6) is 0 Å². The lowest BCUT2D eigenvalue weighted by molar-refractivity contribution is 0.0958. The van der Waals surface area contributed by atoms with Crippen molar-refractivity contribution >= 4 is 34.9 Å². The van der Waals surface area contributed by atoms with Crippen LogP contribution in [0.2, 0.25) is 10.0 Å². The molecular weight excluding hydrogens is 503 g/mol. The molecule has 0 aliphatic carbocycles. The van der Waals surface area contributed by atoms with Gasteiger partial charge in [-0.1, -0.05) is 67.9 Å². The smallest absolute Gasteiger partial charge is 0.315 e. The zero-order chi connectivity index (χ0) is 26.0. The first-order valence-corrected chi connectivity index (χ1v) is 12.9. The number of urea groups is 1. The summed E-state index contributed by atoms with van der Waals surface area (Å²) < 4.78 is 7.41. The SMILES string of the molecule is CCCCCCCN1C(=O)N(c2cccc(Cl)c2)C(n2oc(=O)n(-c3cccc(Cl)c3)c2=O)C1(C)C. The van der Waals surface area contributed by atoms with Gasteiger partial charge in [-0.25, -0.2) is 14.4 Å². The first-order chi connectivity index (χ1) is 17.2. The Bertz CT molecular complexity index is 1360. The van der Waals surface area contributed by atoms with Crippen molar-refractivity contribution in [3.05, 3.63) is 79.6 Å². The van der Waals surface area contributed by atoms with E-state index in [1.807, 2.05) is 13.8 Å². The van der Waals surface area contributed by atoms with E-state index in [1.54, 1.807) is 47.4 Å². The number of carbonyl (C=O) groups excluding carboxylic acids is 1. The Morgan fingerprint density at radius 2 is 1.50 bits per heavy atom. The van der Waals surface area contributed by atoms with Crippen molar-refractivity contribution in [3.63, 3.8) is 0 Å². The maximum absolute atomic E-state index is 13.8. The Hall–Kier alpha value is -2.97. The van der Waals surface area contributed by atoms with Gasteiger partial charge in [-0.2, -0.15) is 4.57 Å². The molecule has 1 unspecified atom stereocenters. The number of amides is 2. The Labute approximate surface area is 219 Å². The minimum absolute atomic E-state index is 0.282. The Kier molecular flexibility index (Phi) is 7.66. The number of anilines is 1. The van der Waals surface area contributed by atoms with E-state index in [0.29, 0.717) is 22.3 Å². The van der Waals surface area contributed by atoms with Crippen LogP contribution in [-0.2, 0) is 0 Å². The van der Waals surface area contributed by atoms with Gasteiger partial charge in [0.25, 0.3) is 0 Å². The van der Waals surface area contributed by atoms with Crippen LogP contribution in [0, 0.1) is 0 Å². The highest BCUT2D eigenvalue weighted by Gasteiger charge is 2.55. The minimum atomic E-state index is -0.931. The highest BCUT2D eigenvalue weighted by atomic mass is 35.5. The minimum Gasteiger partial charge on any atom is -0.315 e. The summed E-state index contributed by atoms with van der Waals surface area (Å²) in [7, 11) is 0. The fourth-order valence-electron chi connectivity index (χ4n) is 4.79. The van der Waals surface area contributed by atoms with E-state index in [4.69, 9.17) is 27.7 Å². The molecule has 0 spiro atoms. The monoisotopic (exact) mass is 532 g/mol. The highest BCUT2D eigenvalue weighted by molar-refractivity contribution is 6.31. The standard InChI is InChI=1S/C26H30Cl2N4O4/c1-4-5-6-7-8-15-29-23(33)30(20-13-9-11-18(27)16-20)22(26(29,2)3)32-24(34)31(25(35)36-32)21-14-10-12-19(28)17-21/h9-14,16-17,22H,4-8,15H2,1-3H3. The zero-order valence-corrected chi connectivity index (χ0v) is 22.1. The molecule has 10 heteroatoms. The lowest BCUT2D eigenvalue weighted by Crippen LogP contribution is -2.47. The predicted molar refractivity (Wildman–Crippen MR) is 141 cm³/mol. The van der Waals surface area contributed by atoms with Crippen molar-refractivity contribution in [1.82, 2.24) is 14.2 Å². The number of rotatable bonds is 9. The second kappa shape index (κ2) is 10.6. The molecule has 0 N–H and O–H groups in total. The average molecular weight is 533 g/mol. The van der Waals surface area contributed by atoms with Gasteiger partial charge in [0, 0.05) is 22.3 Å². The number of nitrogens with zero attached hydrogens (tertiary/aromatic N) is 4. The summed E-state index contributed by atoms with van der Waals surface area (Å²) in [6.45, 7) is 6.41.